The molecule has 9 heteroatoms. The van der Waals surface area contributed by atoms with Crippen LogP contribution in [0.2, 0.25) is 0 Å². The van der Waals surface area contributed by atoms with Crippen molar-refractivity contribution < 1.29 is 13.2 Å². The molecule has 0 aliphatic carbocycles. The lowest BCUT2D eigenvalue weighted by Gasteiger charge is -2.36. The van der Waals surface area contributed by atoms with E-state index < -0.39 is 11.7 Å². The second-order valence-electron chi connectivity index (χ2n) is 7.03. The van der Waals surface area contributed by atoms with Gasteiger partial charge in [0, 0.05) is 45.0 Å². The minimum absolute atomic E-state index is 0. The molecular formula is C20H23ClF3N5. The number of aryl methyl sites for hydroxylation is 1. The average Bonchev–Trinajstić information content (AvgIpc) is 3.11. The van der Waals surface area contributed by atoms with Gasteiger partial charge in [0.2, 0.25) is 0 Å². The van der Waals surface area contributed by atoms with Crippen molar-refractivity contribution in [2.45, 2.75) is 19.1 Å². The van der Waals surface area contributed by atoms with Crippen molar-refractivity contribution in [1.82, 2.24) is 19.9 Å². The summed E-state index contributed by atoms with van der Waals surface area (Å²) < 4.78 is 40.7. The summed E-state index contributed by atoms with van der Waals surface area (Å²) in [5, 5.41) is 8.37. The standard InChI is InChI=1S/C20H22F3N5.ClH/c21-20(22,23)16-5-3-6-17(15-16)27-13-11-26(12-14-27)9-4-10-28-19-8-2-1-7-18(19)24-25-28;/h1-3,5-8,15H,4,9-14H2;1H. The summed E-state index contributed by atoms with van der Waals surface area (Å²) >= 11 is 0. The van der Waals surface area contributed by atoms with E-state index in [1.807, 2.05) is 33.8 Å². The number of hydrogen-bond acceptors (Lipinski definition) is 4. The van der Waals surface area contributed by atoms with Crippen LogP contribution in [-0.2, 0) is 12.7 Å². The average molecular weight is 426 g/mol. The highest BCUT2D eigenvalue weighted by Crippen LogP contribution is 2.31. The molecule has 0 amide bonds. The normalized spacial score (nSPS) is 15.5. The van der Waals surface area contributed by atoms with Crippen LogP contribution in [0.1, 0.15) is 12.0 Å². The Hall–Kier alpha value is -2.32. The quantitative estimate of drug-likeness (QED) is 0.617. The molecule has 3 aromatic rings. The topological polar surface area (TPSA) is 37.2 Å². The number of benzene rings is 2. The Morgan fingerprint density at radius 2 is 1.66 bits per heavy atom. The van der Waals surface area contributed by atoms with E-state index in [0.29, 0.717) is 5.69 Å². The molecule has 0 N–H and O–H groups in total. The molecule has 0 radical (unpaired) electrons. The Labute approximate surface area is 173 Å². The Morgan fingerprint density at radius 3 is 2.41 bits per heavy atom. The SMILES string of the molecule is Cl.FC(F)(F)c1cccc(N2CCN(CCCn3nnc4ccccc43)CC2)c1. The lowest BCUT2D eigenvalue weighted by atomic mass is 10.1. The van der Waals surface area contributed by atoms with Crippen molar-refractivity contribution in [2.24, 2.45) is 0 Å². The van der Waals surface area contributed by atoms with E-state index in [9.17, 15) is 13.2 Å². The number of halogens is 4. The maximum absolute atomic E-state index is 12.9. The van der Waals surface area contributed by atoms with Crippen molar-refractivity contribution >= 4 is 29.1 Å². The van der Waals surface area contributed by atoms with Crippen LogP contribution in [0.25, 0.3) is 11.0 Å². The highest BCUT2D eigenvalue weighted by molar-refractivity contribution is 5.85. The van der Waals surface area contributed by atoms with Gasteiger partial charge in [-0.3, -0.25) is 4.90 Å². The van der Waals surface area contributed by atoms with Crippen molar-refractivity contribution in [2.75, 3.05) is 37.6 Å². The third kappa shape index (κ3) is 5.00. The molecule has 2 aromatic carbocycles. The first-order chi connectivity index (χ1) is 13.5. The van der Waals surface area contributed by atoms with Gasteiger partial charge in [-0.1, -0.05) is 23.4 Å². The molecule has 0 unspecified atom stereocenters. The molecule has 5 nitrogen and oxygen atoms in total. The first-order valence-electron chi connectivity index (χ1n) is 9.43. The molecule has 0 saturated carbocycles. The number of piperazine rings is 1. The van der Waals surface area contributed by atoms with Crippen LogP contribution >= 0.6 is 12.4 Å². The predicted molar refractivity (Wildman–Crippen MR) is 109 cm³/mol. The minimum Gasteiger partial charge on any atom is -0.369 e. The van der Waals surface area contributed by atoms with Crippen molar-refractivity contribution in [3.8, 4) is 0 Å². The van der Waals surface area contributed by atoms with Crippen molar-refractivity contribution in [1.29, 1.82) is 0 Å². The smallest absolute Gasteiger partial charge is 0.369 e. The highest BCUT2D eigenvalue weighted by atomic mass is 35.5. The van der Waals surface area contributed by atoms with Gasteiger partial charge in [-0.2, -0.15) is 13.2 Å². The molecule has 1 aliphatic rings. The Kier molecular flexibility index (Phi) is 6.64. The van der Waals surface area contributed by atoms with E-state index in [1.54, 1.807) is 6.07 Å². The van der Waals surface area contributed by atoms with Gasteiger partial charge < -0.3 is 4.90 Å². The van der Waals surface area contributed by atoms with E-state index in [-0.39, 0.29) is 12.4 Å². The molecule has 4 rings (SSSR count). The monoisotopic (exact) mass is 425 g/mol. The van der Waals surface area contributed by atoms with Crippen LogP contribution in [0.5, 0.6) is 0 Å². The van der Waals surface area contributed by atoms with Gasteiger partial charge in [0.05, 0.1) is 11.1 Å². The molecule has 1 aromatic heterocycles. The van der Waals surface area contributed by atoms with Gasteiger partial charge in [-0.15, -0.1) is 17.5 Å². The predicted octanol–water partition coefficient (Wildman–Crippen LogP) is 4.08. The molecule has 2 heterocycles. The molecular weight excluding hydrogens is 403 g/mol. The fraction of sp³-hybridized carbons (Fsp3) is 0.400. The van der Waals surface area contributed by atoms with Gasteiger partial charge in [0.15, 0.2) is 0 Å². The maximum Gasteiger partial charge on any atom is 0.416 e. The highest BCUT2D eigenvalue weighted by Gasteiger charge is 2.31. The molecule has 0 spiro atoms. The van der Waals surface area contributed by atoms with Crippen LogP contribution in [0.3, 0.4) is 0 Å². The van der Waals surface area contributed by atoms with Gasteiger partial charge in [-0.05, 0) is 36.8 Å². The molecule has 1 saturated heterocycles. The summed E-state index contributed by atoms with van der Waals surface area (Å²) in [7, 11) is 0. The zero-order valence-electron chi connectivity index (χ0n) is 15.8. The van der Waals surface area contributed by atoms with Gasteiger partial charge in [0.25, 0.3) is 0 Å². The van der Waals surface area contributed by atoms with E-state index in [2.05, 4.69) is 15.2 Å². The number of aromatic nitrogens is 3. The summed E-state index contributed by atoms with van der Waals surface area (Å²) in [6, 6.07) is 13.5. The largest absolute Gasteiger partial charge is 0.416 e. The summed E-state index contributed by atoms with van der Waals surface area (Å²) in [5.74, 6) is 0. The number of anilines is 1. The van der Waals surface area contributed by atoms with E-state index in [4.69, 9.17) is 0 Å². The molecule has 0 atom stereocenters. The van der Waals surface area contributed by atoms with Crippen molar-refractivity contribution in [3.63, 3.8) is 0 Å². The van der Waals surface area contributed by atoms with Crippen LogP contribution in [0.4, 0.5) is 18.9 Å². The van der Waals surface area contributed by atoms with Gasteiger partial charge in [0.1, 0.15) is 5.52 Å². The second-order valence-corrected chi connectivity index (χ2v) is 7.03. The number of hydrogen-bond donors (Lipinski definition) is 0. The van der Waals surface area contributed by atoms with E-state index >= 15 is 0 Å². The minimum atomic E-state index is -4.30. The molecule has 0 bridgehead atoms. The van der Waals surface area contributed by atoms with E-state index in [0.717, 1.165) is 62.8 Å². The lowest BCUT2D eigenvalue weighted by molar-refractivity contribution is -0.137. The zero-order valence-corrected chi connectivity index (χ0v) is 16.7. The Bertz CT molecular complexity index is 935. The molecule has 29 heavy (non-hydrogen) atoms. The number of fused-ring (bicyclic) bond motifs is 1. The number of para-hydroxylation sites is 1. The van der Waals surface area contributed by atoms with Crippen LogP contribution in [0.15, 0.2) is 48.5 Å². The zero-order chi connectivity index (χ0) is 19.6. The number of nitrogens with zero attached hydrogens (tertiary/aromatic N) is 5. The van der Waals surface area contributed by atoms with Crippen LogP contribution in [0, 0.1) is 0 Å². The summed E-state index contributed by atoms with van der Waals surface area (Å²) in [4.78, 5) is 4.37. The van der Waals surface area contributed by atoms with Crippen LogP contribution in [-0.4, -0.2) is 52.6 Å². The summed E-state index contributed by atoms with van der Waals surface area (Å²) in [6.07, 6.45) is -3.35. The lowest BCUT2D eigenvalue weighted by Crippen LogP contribution is -2.46. The molecule has 1 aliphatic heterocycles. The third-order valence-corrected chi connectivity index (χ3v) is 5.18. The van der Waals surface area contributed by atoms with E-state index in [1.165, 1.54) is 12.1 Å². The fourth-order valence-corrected chi connectivity index (χ4v) is 3.64. The molecule has 156 valence electrons. The first-order valence-corrected chi connectivity index (χ1v) is 9.43. The Morgan fingerprint density at radius 1 is 0.897 bits per heavy atom. The maximum atomic E-state index is 12.9. The number of rotatable bonds is 5. The Balaban J connectivity index is 0.00000240. The fourth-order valence-electron chi connectivity index (χ4n) is 3.64. The first kappa shape index (κ1) is 21.4. The third-order valence-electron chi connectivity index (χ3n) is 5.18. The van der Waals surface area contributed by atoms with Gasteiger partial charge in [-0.25, -0.2) is 4.68 Å². The molecule has 1 fully saturated rings. The number of alkyl halides is 3. The van der Waals surface area contributed by atoms with Crippen molar-refractivity contribution in [3.05, 3.63) is 54.1 Å². The summed E-state index contributed by atoms with van der Waals surface area (Å²) in [5.41, 5.74) is 1.99. The summed E-state index contributed by atoms with van der Waals surface area (Å²) in [6.45, 7) is 4.88. The van der Waals surface area contributed by atoms with Crippen LogP contribution < -0.4 is 4.90 Å². The van der Waals surface area contributed by atoms with Gasteiger partial charge >= 0.3 is 6.18 Å². The second kappa shape index (κ2) is 9.00.